The van der Waals surface area contributed by atoms with E-state index in [2.05, 4.69) is 31.1 Å². The molecule has 0 aliphatic carbocycles. The number of nitrogens with zero attached hydrogens (tertiary/aromatic N) is 3. The van der Waals surface area contributed by atoms with Gasteiger partial charge in [0, 0.05) is 9.37 Å². The highest BCUT2D eigenvalue weighted by molar-refractivity contribution is 9.10. The first kappa shape index (κ1) is 22.1. The minimum absolute atomic E-state index is 0.155. The van der Waals surface area contributed by atoms with Crippen molar-refractivity contribution in [3.8, 4) is 11.8 Å². The quantitative estimate of drug-likeness (QED) is 0.186. The Balaban J connectivity index is 1.82. The lowest BCUT2D eigenvalue weighted by atomic mass is 10.2. The zero-order valence-corrected chi connectivity index (χ0v) is 19.0. The number of halogens is 2. The smallest absolute Gasteiger partial charge is 0.368 e. The number of carbonyl (C=O) groups is 1. The number of carbonyl (C=O) groups excluding carboxylic acids is 1. The van der Waals surface area contributed by atoms with E-state index in [-0.39, 0.29) is 10.6 Å². The van der Waals surface area contributed by atoms with Crippen LogP contribution in [-0.4, -0.2) is 36.4 Å². The van der Waals surface area contributed by atoms with Crippen LogP contribution in [0.1, 0.15) is 15.9 Å². The van der Waals surface area contributed by atoms with Crippen LogP contribution in [0.25, 0.3) is 0 Å². The summed E-state index contributed by atoms with van der Waals surface area (Å²) < 4.78 is 11.2. The SMILES string of the molecule is COc1cc(OC)nc(Sc2cccc(Cl)c2C(=O)O/N=C/c2ccc(Br)cc2)n1. The molecule has 2 aromatic carbocycles. The Morgan fingerprint density at radius 2 is 1.77 bits per heavy atom. The van der Waals surface area contributed by atoms with Crippen molar-refractivity contribution in [3.63, 3.8) is 0 Å². The van der Waals surface area contributed by atoms with Crippen molar-refractivity contribution in [2.24, 2.45) is 5.16 Å². The molecule has 0 spiro atoms. The lowest BCUT2D eigenvalue weighted by Crippen LogP contribution is -2.05. The summed E-state index contributed by atoms with van der Waals surface area (Å²) in [6.45, 7) is 0. The molecule has 0 saturated carbocycles. The molecule has 0 bridgehead atoms. The second kappa shape index (κ2) is 10.4. The number of oxime groups is 1. The van der Waals surface area contributed by atoms with Crippen molar-refractivity contribution >= 4 is 51.5 Å². The summed E-state index contributed by atoms with van der Waals surface area (Å²) in [5, 5.41) is 4.30. The zero-order valence-electron chi connectivity index (χ0n) is 15.8. The van der Waals surface area contributed by atoms with E-state index in [1.165, 1.54) is 20.4 Å². The Morgan fingerprint density at radius 3 is 2.40 bits per heavy atom. The third-order valence-corrected chi connectivity index (χ3v) is 5.43. The maximum absolute atomic E-state index is 12.6. The number of rotatable bonds is 7. The van der Waals surface area contributed by atoms with Crippen molar-refractivity contribution in [1.82, 2.24) is 9.97 Å². The van der Waals surface area contributed by atoms with Gasteiger partial charge in [-0.3, -0.25) is 0 Å². The Labute approximate surface area is 190 Å². The summed E-state index contributed by atoms with van der Waals surface area (Å²) in [5.41, 5.74) is 0.930. The number of hydrogen-bond acceptors (Lipinski definition) is 8. The first-order chi connectivity index (χ1) is 14.5. The van der Waals surface area contributed by atoms with E-state index in [0.717, 1.165) is 21.8 Å². The van der Waals surface area contributed by atoms with Gasteiger partial charge in [-0.05, 0) is 41.6 Å². The highest BCUT2D eigenvalue weighted by Crippen LogP contribution is 2.34. The predicted octanol–water partition coefficient (Wildman–Crippen LogP) is 5.25. The van der Waals surface area contributed by atoms with Gasteiger partial charge < -0.3 is 14.3 Å². The Hall–Kier alpha value is -2.62. The van der Waals surface area contributed by atoms with Gasteiger partial charge in [-0.25, -0.2) is 4.79 Å². The minimum atomic E-state index is -0.702. The Bertz CT molecular complexity index is 1060. The first-order valence-electron chi connectivity index (χ1n) is 8.44. The van der Waals surface area contributed by atoms with Crippen LogP contribution in [0, 0.1) is 0 Å². The molecule has 0 aliphatic rings. The monoisotopic (exact) mass is 507 g/mol. The molecular formula is C20H15BrClN3O4S. The molecule has 0 fully saturated rings. The molecule has 0 aliphatic heterocycles. The fourth-order valence-electron chi connectivity index (χ4n) is 2.25. The fourth-order valence-corrected chi connectivity index (χ4v) is 3.74. The molecule has 0 atom stereocenters. The maximum Gasteiger partial charge on any atom is 0.368 e. The molecular weight excluding hydrogens is 494 g/mol. The van der Waals surface area contributed by atoms with E-state index in [1.807, 2.05) is 24.3 Å². The number of benzene rings is 2. The van der Waals surface area contributed by atoms with Gasteiger partial charge in [0.1, 0.15) is 0 Å². The Morgan fingerprint density at radius 1 is 1.10 bits per heavy atom. The van der Waals surface area contributed by atoms with Gasteiger partial charge in [0.25, 0.3) is 0 Å². The van der Waals surface area contributed by atoms with Crippen LogP contribution >= 0.6 is 39.3 Å². The number of methoxy groups -OCH3 is 2. The fraction of sp³-hybridized carbons (Fsp3) is 0.100. The summed E-state index contributed by atoms with van der Waals surface area (Å²) >= 11 is 10.7. The number of aromatic nitrogens is 2. The van der Waals surface area contributed by atoms with Crippen molar-refractivity contribution in [1.29, 1.82) is 0 Å². The van der Waals surface area contributed by atoms with E-state index in [4.69, 9.17) is 25.9 Å². The highest BCUT2D eigenvalue weighted by Gasteiger charge is 2.20. The van der Waals surface area contributed by atoms with Crippen LogP contribution in [0.15, 0.2) is 68.2 Å². The summed E-state index contributed by atoms with van der Waals surface area (Å²) in [5.74, 6) is -0.0458. The van der Waals surface area contributed by atoms with E-state index >= 15 is 0 Å². The molecule has 1 heterocycles. The van der Waals surface area contributed by atoms with Gasteiger partial charge in [0.2, 0.25) is 11.8 Å². The highest BCUT2D eigenvalue weighted by atomic mass is 79.9. The normalized spacial score (nSPS) is 10.8. The molecule has 3 aromatic rings. The molecule has 3 rings (SSSR count). The first-order valence-corrected chi connectivity index (χ1v) is 10.4. The van der Waals surface area contributed by atoms with Crippen LogP contribution in [0.4, 0.5) is 0 Å². The van der Waals surface area contributed by atoms with Gasteiger partial charge in [0.15, 0.2) is 5.16 Å². The second-order valence-corrected chi connectivity index (χ2v) is 7.95. The Kier molecular flexibility index (Phi) is 7.67. The minimum Gasteiger partial charge on any atom is -0.481 e. The molecule has 0 amide bonds. The van der Waals surface area contributed by atoms with Crippen LogP contribution in [0.3, 0.4) is 0 Å². The summed E-state index contributed by atoms with van der Waals surface area (Å²) in [7, 11) is 2.98. The molecule has 154 valence electrons. The predicted molar refractivity (Wildman–Crippen MR) is 118 cm³/mol. The van der Waals surface area contributed by atoms with Crippen LogP contribution in [0.5, 0.6) is 11.8 Å². The van der Waals surface area contributed by atoms with Gasteiger partial charge in [-0.2, -0.15) is 9.97 Å². The van der Waals surface area contributed by atoms with Crippen LogP contribution in [0.2, 0.25) is 5.02 Å². The molecule has 30 heavy (non-hydrogen) atoms. The van der Waals surface area contributed by atoms with E-state index in [1.54, 1.807) is 24.3 Å². The van der Waals surface area contributed by atoms with Crippen molar-refractivity contribution < 1.29 is 19.1 Å². The van der Waals surface area contributed by atoms with Crippen molar-refractivity contribution in [3.05, 3.63) is 69.2 Å². The lowest BCUT2D eigenvalue weighted by Gasteiger charge is -2.09. The third-order valence-electron chi connectivity index (χ3n) is 3.67. The largest absolute Gasteiger partial charge is 0.481 e. The molecule has 0 unspecified atom stereocenters. The molecule has 0 N–H and O–H groups in total. The topological polar surface area (TPSA) is 82.9 Å². The lowest BCUT2D eigenvalue weighted by molar-refractivity contribution is 0.0515. The number of hydrogen-bond donors (Lipinski definition) is 0. The summed E-state index contributed by atoms with van der Waals surface area (Å²) in [4.78, 5) is 26.7. The van der Waals surface area contributed by atoms with Crippen molar-refractivity contribution in [2.45, 2.75) is 10.1 Å². The average molecular weight is 509 g/mol. The maximum atomic E-state index is 12.6. The van der Waals surface area contributed by atoms with E-state index in [0.29, 0.717) is 21.8 Å². The van der Waals surface area contributed by atoms with Gasteiger partial charge in [-0.1, -0.05) is 50.9 Å². The van der Waals surface area contributed by atoms with E-state index in [9.17, 15) is 4.79 Å². The van der Waals surface area contributed by atoms with Crippen LogP contribution in [-0.2, 0) is 4.84 Å². The molecule has 7 nitrogen and oxygen atoms in total. The van der Waals surface area contributed by atoms with E-state index < -0.39 is 5.97 Å². The molecule has 0 saturated heterocycles. The molecule has 0 radical (unpaired) electrons. The standard InChI is InChI=1S/C20H15BrClN3O4S/c1-27-16-10-17(28-2)25-20(24-16)30-15-5-3-4-14(22)18(15)19(26)29-23-11-12-6-8-13(21)9-7-12/h3-11H,1-2H3/b23-11+. The third kappa shape index (κ3) is 5.71. The average Bonchev–Trinajstić information content (AvgIpc) is 2.74. The zero-order chi connectivity index (χ0) is 21.5. The van der Waals surface area contributed by atoms with Crippen LogP contribution < -0.4 is 9.47 Å². The van der Waals surface area contributed by atoms with Gasteiger partial charge >= 0.3 is 5.97 Å². The van der Waals surface area contributed by atoms with Gasteiger partial charge in [0.05, 0.1) is 37.1 Å². The second-order valence-electron chi connectivity index (χ2n) is 5.62. The molecule has 10 heteroatoms. The number of ether oxygens (including phenoxy) is 2. The summed E-state index contributed by atoms with van der Waals surface area (Å²) in [6.07, 6.45) is 1.43. The summed E-state index contributed by atoms with van der Waals surface area (Å²) in [6, 6.07) is 13.9. The van der Waals surface area contributed by atoms with Gasteiger partial charge in [-0.15, -0.1) is 0 Å². The molecule has 1 aromatic heterocycles. The van der Waals surface area contributed by atoms with Crippen molar-refractivity contribution in [2.75, 3.05) is 14.2 Å².